The fourth-order valence-corrected chi connectivity index (χ4v) is 2.04. The van der Waals surface area contributed by atoms with E-state index in [2.05, 4.69) is 0 Å². The first-order chi connectivity index (χ1) is 8.99. The van der Waals surface area contributed by atoms with E-state index in [1.165, 1.54) is 0 Å². The molecule has 0 fully saturated rings. The van der Waals surface area contributed by atoms with Gasteiger partial charge in [0, 0.05) is 23.4 Å². The van der Waals surface area contributed by atoms with Crippen molar-refractivity contribution in [2.45, 2.75) is 0 Å². The molecule has 0 radical (unpaired) electrons. The van der Waals surface area contributed by atoms with Crippen molar-refractivity contribution in [2.24, 2.45) is 0 Å². The highest BCUT2D eigenvalue weighted by Gasteiger charge is 2.23. The number of hydrogen-bond donors (Lipinski definition) is 1. The van der Waals surface area contributed by atoms with E-state index < -0.39 is 0 Å². The Morgan fingerprint density at radius 1 is 1.00 bits per heavy atom. The SMILES string of the molecule is C[N+](C)(CC(=O)c1ccccc1)c1ccc(N)cc1.[Cl-]. The molecule has 0 saturated carbocycles. The van der Waals surface area contributed by atoms with Gasteiger partial charge in [-0.05, 0) is 12.1 Å². The highest BCUT2D eigenvalue weighted by Crippen LogP contribution is 2.20. The number of halogens is 1. The van der Waals surface area contributed by atoms with Crippen LogP contribution in [-0.2, 0) is 0 Å². The van der Waals surface area contributed by atoms with Gasteiger partial charge in [0.1, 0.15) is 12.2 Å². The first kappa shape index (κ1) is 16.2. The molecule has 2 N–H and O–H groups in total. The van der Waals surface area contributed by atoms with Gasteiger partial charge in [-0.3, -0.25) is 9.28 Å². The molecule has 4 heteroatoms. The molecule has 0 bridgehead atoms. The monoisotopic (exact) mass is 290 g/mol. The highest BCUT2D eigenvalue weighted by molar-refractivity contribution is 5.98. The van der Waals surface area contributed by atoms with Crippen LogP contribution in [0.1, 0.15) is 10.4 Å². The second kappa shape index (κ2) is 6.55. The number of carbonyl (C=O) groups excluding carboxylic acids is 1. The molecule has 0 saturated heterocycles. The Morgan fingerprint density at radius 2 is 1.55 bits per heavy atom. The topological polar surface area (TPSA) is 43.1 Å². The number of anilines is 1. The van der Waals surface area contributed by atoms with Crippen molar-refractivity contribution < 1.29 is 17.2 Å². The summed E-state index contributed by atoms with van der Waals surface area (Å²) in [5.41, 5.74) is 8.24. The summed E-state index contributed by atoms with van der Waals surface area (Å²) in [5, 5.41) is 0. The Bertz CT molecular complexity index is 565. The largest absolute Gasteiger partial charge is 1.00 e. The minimum absolute atomic E-state index is 0. The van der Waals surface area contributed by atoms with Crippen LogP contribution in [0.25, 0.3) is 0 Å². The van der Waals surface area contributed by atoms with Gasteiger partial charge in [-0.2, -0.15) is 0 Å². The molecule has 0 aliphatic rings. The number of nitrogens with two attached hydrogens (primary N) is 1. The van der Waals surface area contributed by atoms with Crippen molar-refractivity contribution in [1.29, 1.82) is 0 Å². The minimum Gasteiger partial charge on any atom is -1.00 e. The molecule has 2 aromatic carbocycles. The molecule has 3 nitrogen and oxygen atoms in total. The van der Waals surface area contributed by atoms with Crippen LogP contribution < -0.4 is 22.6 Å². The van der Waals surface area contributed by atoms with Crippen LogP contribution in [-0.4, -0.2) is 26.4 Å². The third-order valence-electron chi connectivity index (χ3n) is 3.23. The zero-order chi connectivity index (χ0) is 13.9. The Kier molecular flexibility index (Phi) is 5.31. The van der Waals surface area contributed by atoms with Crippen LogP contribution >= 0.6 is 0 Å². The summed E-state index contributed by atoms with van der Waals surface area (Å²) in [6.07, 6.45) is 0. The van der Waals surface area contributed by atoms with Gasteiger partial charge in [-0.1, -0.05) is 30.3 Å². The van der Waals surface area contributed by atoms with Crippen molar-refractivity contribution in [3.8, 4) is 0 Å². The van der Waals surface area contributed by atoms with E-state index in [4.69, 9.17) is 5.73 Å². The minimum atomic E-state index is 0. The number of likely N-dealkylation sites (N-methyl/N-ethyl adjacent to an activating group) is 1. The Morgan fingerprint density at radius 3 is 2.10 bits per heavy atom. The van der Waals surface area contributed by atoms with Gasteiger partial charge in [0.05, 0.1) is 14.1 Å². The maximum atomic E-state index is 12.3. The molecule has 0 aliphatic heterocycles. The summed E-state index contributed by atoms with van der Waals surface area (Å²) in [4.78, 5) is 12.3. The van der Waals surface area contributed by atoms with Crippen molar-refractivity contribution in [1.82, 2.24) is 4.48 Å². The molecule has 0 spiro atoms. The number of benzene rings is 2. The van der Waals surface area contributed by atoms with Crippen LogP contribution in [0.4, 0.5) is 11.4 Å². The average Bonchev–Trinajstić information content (AvgIpc) is 2.40. The summed E-state index contributed by atoms with van der Waals surface area (Å²) in [6, 6.07) is 17.0. The predicted octanol–water partition coefficient (Wildman–Crippen LogP) is -0.277. The zero-order valence-electron chi connectivity index (χ0n) is 11.7. The molecule has 0 atom stereocenters. The summed E-state index contributed by atoms with van der Waals surface area (Å²) >= 11 is 0. The van der Waals surface area contributed by atoms with E-state index in [0.29, 0.717) is 11.0 Å². The lowest BCUT2D eigenvalue weighted by Crippen LogP contribution is -3.00. The number of quaternary nitrogens is 1. The number of ketones is 1. The maximum Gasteiger partial charge on any atom is 0.217 e. The molecule has 20 heavy (non-hydrogen) atoms. The first-order valence-electron chi connectivity index (χ1n) is 6.26. The molecule has 2 rings (SSSR count). The summed E-state index contributed by atoms with van der Waals surface area (Å²) in [7, 11) is 4.04. The fraction of sp³-hybridized carbons (Fsp3) is 0.188. The van der Waals surface area contributed by atoms with Gasteiger partial charge in [0.2, 0.25) is 5.78 Å². The Labute approximate surface area is 126 Å². The summed E-state index contributed by atoms with van der Waals surface area (Å²) < 4.78 is 0.508. The van der Waals surface area contributed by atoms with Crippen LogP contribution in [0.2, 0.25) is 0 Å². The van der Waals surface area contributed by atoms with E-state index in [0.717, 1.165) is 16.9 Å². The molecular weight excluding hydrogens is 272 g/mol. The van der Waals surface area contributed by atoms with Gasteiger partial charge in [0.25, 0.3) is 0 Å². The number of nitrogens with zero attached hydrogens (tertiary/aromatic N) is 1. The standard InChI is InChI=1S/C16H19N2O.ClH/c1-18(2,15-10-8-14(17)9-11-15)12-16(19)13-6-4-3-5-7-13;/h3-11H,12,17H2,1-2H3;1H/q+1;/p-1. The van der Waals surface area contributed by atoms with E-state index in [-0.39, 0.29) is 18.2 Å². The molecule has 2 aromatic rings. The van der Waals surface area contributed by atoms with E-state index >= 15 is 0 Å². The van der Waals surface area contributed by atoms with Gasteiger partial charge >= 0.3 is 0 Å². The van der Waals surface area contributed by atoms with Crippen molar-refractivity contribution >= 4 is 17.2 Å². The normalized spacial score (nSPS) is 10.7. The summed E-state index contributed by atoms with van der Waals surface area (Å²) in [6.45, 7) is 0.425. The second-order valence-electron chi connectivity index (χ2n) is 5.22. The molecule has 0 amide bonds. The van der Waals surface area contributed by atoms with Gasteiger partial charge in [-0.25, -0.2) is 0 Å². The molecule has 0 aliphatic carbocycles. The van der Waals surface area contributed by atoms with Gasteiger partial charge < -0.3 is 18.1 Å². The van der Waals surface area contributed by atoms with Crippen molar-refractivity contribution in [2.75, 3.05) is 26.4 Å². The molecule has 0 heterocycles. The molecular formula is C16H19ClN2O. The Hall–Kier alpha value is -1.84. The predicted molar refractivity (Wildman–Crippen MR) is 80.1 cm³/mol. The smallest absolute Gasteiger partial charge is 0.217 e. The van der Waals surface area contributed by atoms with Crippen LogP contribution in [0, 0.1) is 0 Å². The molecule has 106 valence electrons. The van der Waals surface area contributed by atoms with E-state index in [1.807, 2.05) is 68.7 Å². The number of rotatable bonds is 4. The number of hydrogen-bond acceptors (Lipinski definition) is 2. The third-order valence-corrected chi connectivity index (χ3v) is 3.23. The number of Topliss-reactive ketones (excluding diaryl/α,β-unsaturated/α-hetero) is 1. The van der Waals surface area contributed by atoms with E-state index in [9.17, 15) is 4.79 Å². The van der Waals surface area contributed by atoms with Gasteiger partial charge in [-0.15, -0.1) is 0 Å². The van der Waals surface area contributed by atoms with Crippen LogP contribution in [0.3, 0.4) is 0 Å². The maximum absolute atomic E-state index is 12.3. The van der Waals surface area contributed by atoms with Crippen LogP contribution in [0.5, 0.6) is 0 Å². The van der Waals surface area contributed by atoms with Gasteiger partial charge in [0.15, 0.2) is 0 Å². The molecule has 0 aromatic heterocycles. The van der Waals surface area contributed by atoms with E-state index in [1.54, 1.807) is 0 Å². The lowest BCUT2D eigenvalue weighted by atomic mass is 10.1. The average molecular weight is 291 g/mol. The first-order valence-corrected chi connectivity index (χ1v) is 6.26. The quantitative estimate of drug-likeness (QED) is 0.478. The van der Waals surface area contributed by atoms with Crippen LogP contribution in [0.15, 0.2) is 54.6 Å². The summed E-state index contributed by atoms with van der Waals surface area (Å²) in [5.74, 6) is 0.141. The zero-order valence-corrected chi connectivity index (χ0v) is 12.5. The number of carbonyl (C=O) groups is 1. The Balaban J connectivity index is 0.00000200. The van der Waals surface area contributed by atoms with Crippen molar-refractivity contribution in [3.05, 3.63) is 60.2 Å². The lowest BCUT2D eigenvalue weighted by Gasteiger charge is -2.28. The highest BCUT2D eigenvalue weighted by atomic mass is 35.5. The third kappa shape index (κ3) is 3.83. The second-order valence-corrected chi connectivity index (χ2v) is 5.22. The molecule has 0 unspecified atom stereocenters. The fourth-order valence-electron chi connectivity index (χ4n) is 2.04. The van der Waals surface area contributed by atoms with Crippen molar-refractivity contribution in [3.63, 3.8) is 0 Å². The lowest BCUT2D eigenvalue weighted by molar-refractivity contribution is -0.0000126. The number of nitrogen functional groups attached to an aromatic ring is 1.